The molecule has 0 radical (unpaired) electrons. The first kappa shape index (κ1) is 18.4. The zero-order valence-corrected chi connectivity index (χ0v) is 15.5. The lowest BCUT2D eigenvalue weighted by molar-refractivity contribution is 0.504. The van der Waals surface area contributed by atoms with E-state index in [4.69, 9.17) is 0 Å². The first-order chi connectivity index (χ1) is 9.96. The van der Waals surface area contributed by atoms with Crippen molar-refractivity contribution in [3.8, 4) is 0 Å². The number of benzene rings is 1. The van der Waals surface area contributed by atoms with E-state index in [2.05, 4.69) is 91.2 Å². The molecule has 0 bridgehead atoms. The number of allylic oxidation sites excluding steroid dienone is 2. The van der Waals surface area contributed by atoms with Crippen LogP contribution in [-0.2, 0) is 5.41 Å². The molecule has 0 saturated carbocycles. The molecule has 0 amide bonds. The van der Waals surface area contributed by atoms with E-state index in [-0.39, 0.29) is 10.8 Å². The van der Waals surface area contributed by atoms with Gasteiger partial charge in [-0.05, 0) is 47.9 Å². The number of rotatable bonds is 3. The van der Waals surface area contributed by atoms with Gasteiger partial charge in [0, 0.05) is 11.8 Å². The molecule has 120 valence electrons. The van der Waals surface area contributed by atoms with Gasteiger partial charge >= 0.3 is 0 Å². The molecule has 0 unspecified atom stereocenters. The van der Waals surface area contributed by atoms with Crippen LogP contribution in [0.4, 0.5) is 0 Å². The standard InChI is InChI=1S/C21H31N/c1-10-22-19(13-16(3)20(4,5)6)18-14-17(21(7,8)9)12-11-15(18)2/h10-14H,1H2,2-9H3/b16-13+,22-19?. The van der Waals surface area contributed by atoms with Gasteiger partial charge in [0.1, 0.15) is 0 Å². The highest BCUT2D eigenvalue weighted by molar-refractivity contribution is 6.10. The van der Waals surface area contributed by atoms with Gasteiger partial charge in [-0.3, -0.25) is 4.99 Å². The van der Waals surface area contributed by atoms with Crippen molar-refractivity contribution in [1.29, 1.82) is 0 Å². The van der Waals surface area contributed by atoms with Crippen molar-refractivity contribution in [2.45, 2.75) is 60.8 Å². The summed E-state index contributed by atoms with van der Waals surface area (Å²) >= 11 is 0. The molecular weight excluding hydrogens is 266 g/mol. The van der Waals surface area contributed by atoms with Crippen molar-refractivity contribution in [2.75, 3.05) is 0 Å². The number of nitrogens with zero attached hydrogens (tertiary/aromatic N) is 1. The van der Waals surface area contributed by atoms with Crippen LogP contribution in [0.1, 0.15) is 65.2 Å². The van der Waals surface area contributed by atoms with Gasteiger partial charge in [-0.1, -0.05) is 65.8 Å². The Balaban J connectivity index is 3.47. The molecule has 0 fully saturated rings. The van der Waals surface area contributed by atoms with Crippen molar-refractivity contribution < 1.29 is 0 Å². The highest BCUT2D eigenvalue weighted by Crippen LogP contribution is 2.28. The van der Waals surface area contributed by atoms with E-state index in [0.29, 0.717) is 0 Å². The summed E-state index contributed by atoms with van der Waals surface area (Å²) < 4.78 is 0. The fraction of sp³-hybridized carbons (Fsp3) is 0.476. The van der Waals surface area contributed by atoms with Gasteiger partial charge in [-0.25, -0.2) is 0 Å². The third-order valence-electron chi connectivity index (χ3n) is 4.15. The van der Waals surface area contributed by atoms with Crippen LogP contribution in [0.3, 0.4) is 0 Å². The molecule has 0 atom stereocenters. The minimum atomic E-state index is 0.129. The van der Waals surface area contributed by atoms with E-state index in [9.17, 15) is 0 Å². The normalized spacial score (nSPS) is 14.2. The second-order valence-electron chi connectivity index (χ2n) is 8.05. The summed E-state index contributed by atoms with van der Waals surface area (Å²) in [6.45, 7) is 21.5. The van der Waals surface area contributed by atoms with Crippen LogP contribution < -0.4 is 0 Å². The summed E-state index contributed by atoms with van der Waals surface area (Å²) in [6, 6.07) is 6.67. The molecule has 1 heteroatoms. The predicted molar refractivity (Wildman–Crippen MR) is 99.8 cm³/mol. The quantitative estimate of drug-likeness (QED) is 0.587. The van der Waals surface area contributed by atoms with Crippen molar-refractivity contribution >= 4 is 5.71 Å². The van der Waals surface area contributed by atoms with Crippen molar-refractivity contribution in [3.05, 3.63) is 59.3 Å². The van der Waals surface area contributed by atoms with Crippen LogP contribution in [0.2, 0.25) is 0 Å². The van der Waals surface area contributed by atoms with Crippen molar-refractivity contribution in [3.63, 3.8) is 0 Å². The minimum absolute atomic E-state index is 0.129. The van der Waals surface area contributed by atoms with Gasteiger partial charge in [0.25, 0.3) is 0 Å². The highest BCUT2D eigenvalue weighted by Gasteiger charge is 2.18. The lowest BCUT2D eigenvalue weighted by atomic mass is 9.83. The zero-order chi connectivity index (χ0) is 17.1. The van der Waals surface area contributed by atoms with E-state index >= 15 is 0 Å². The molecule has 0 saturated heterocycles. The van der Waals surface area contributed by atoms with Gasteiger partial charge in [0.15, 0.2) is 0 Å². The Morgan fingerprint density at radius 2 is 1.68 bits per heavy atom. The van der Waals surface area contributed by atoms with Gasteiger partial charge < -0.3 is 0 Å². The minimum Gasteiger partial charge on any atom is -0.257 e. The molecule has 0 aliphatic rings. The Morgan fingerprint density at radius 3 is 2.14 bits per heavy atom. The van der Waals surface area contributed by atoms with Crippen molar-refractivity contribution in [2.24, 2.45) is 10.4 Å². The number of aliphatic imine (C=N–C) groups is 1. The van der Waals surface area contributed by atoms with E-state index < -0.39 is 0 Å². The van der Waals surface area contributed by atoms with E-state index in [1.165, 1.54) is 22.3 Å². The SMILES string of the molecule is C=CN=C(/C=C(\C)C(C)(C)C)c1cc(C(C)(C)C)ccc1C. The Kier molecular flexibility index (Phi) is 5.56. The first-order valence-electron chi connectivity index (χ1n) is 7.96. The Hall–Kier alpha value is -1.63. The predicted octanol–water partition coefficient (Wildman–Crippen LogP) is 6.22. The molecule has 0 aromatic heterocycles. The summed E-state index contributed by atoms with van der Waals surface area (Å²) in [6.07, 6.45) is 3.82. The number of aryl methyl sites for hydroxylation is 1. The average Bonchev–Trinajstić information content (AvgIpc) is 2.36. The Morgan fingerprint density at radius 1 is 1.09 bits per heavy atom. The molecule has 1 aromatic rings. The van der Waals surface area contributed by atoms with E-state index in [0.717, 1.165) is 5.71 Å². The Labute approximate surface area is 136 Å². The summed E-state index contributed by atoms with van der Waals surface area (Å²) in [5, 5.41) is 0. The lowest BCUT2D eigenvalue weighted by Crippen LogP contribution is -2.14. The van der Waals surface area contributed by atoms with Gasteiger partial charge in [0.05, 0.1) is 5.71 Å². The third-order valence-corrected chi connectivity index (χ3v) is 4.15. The lowest BCUT2D eigenvalue weighted by Gasteiger charge is -2.22. The molecule has 0 aliphatic carbocycles. The van der Waals surface area contributed by atoms with Gasteiger partial charge in [0.2, 0.25) is 0 Å². The summed E-state index contributed by atoms with van der Waals surface area (Å²) in [4.78, 5) is 4.54. The van der Waals surface area contributed by atoms with Gasteiger partial charge in [-0.2, -0.15) is 0 Å². The fourth-order valence-electron chi connectivity index (χ4n) is 2.07. The molecule has 1 aromatic carbocycles. The highest BCUT2D eigenvalue weighted by atomic mass is 14.7. The second-order valence-corrected chi connectivity index (χ2v) is 8.05. The maximum absolute atomic E-state index is 4.54. The van der Waals surface area contributed by atoms with E-state index in [1.54, 1.807) is 6.20 Å². The summed E-state index contributed by atoms with van der Waals surface area (Å²) in [5.74, 6) is 0. The van der Waals surface area contributed by atoms with Crippen LogP contribution in [0.15, 0.2) is 47.6 Å². The first-order valence-corrected chi connectivity index (χ1v) is 7.96. The summed E-state index contributed by atoms with van der Waals surface area (Å²) in [7, 11) is 0. The van der Waals surface area contributed by atoms with E-state index in [1.807, 2.05) is 0 Å². The number of hydrogen-bond acceptors (Lipinski definition) is 1. The third kappa shape index (κ3) is 4.69. The smallest absolute Gasteiger partial charge is 0.0704 e. The molecule has 1 nitrogen and oxygen atoms in total. The van der Waals surface area contributed by atoms with Crippen LogP contribution in [0.25, 0.3) is 0 Å². The topological polar surface area (TPSA) is 12.4 Å². The fourth-order valence-corrected chi connectivity index (χ4v) is 2.07. The monoisotopic (exact) mass is 297 g/mol. The maximum atomic E-state index is 4.54. The molecule has 0 heterocycles. The van der Waals surface area contributed by atoms with Crippen LogP contribution in [0, 0.1) is 12.3 Å². The molecule has 1 rings (SSSR count). The largest absolute Gasteiger partial charge is 0.257 e. The zero-order valence-electron chi connectivity index (χ0n) is 15.5. The maximum Gasteiger partial charge on any atom is 0.0704 e. The van der Waals surface area contributed by atoms with Gasteiger partial charge in [-0.15, -0.1) is 0 Å². The van der Waals surface area contributed by atoms with Crippen LogP contribution >= 0.6 is 0 Å². The summed E-state index contributed by atoms with van der Waals surface area (Å²) in [5.41, 5.74) is 6.33. The second kappa shape index (κ2) is 6.64. The van der Waals surface area contributed by atoms with Crippen LogP contribution in [0.5, 0.6) is 0 Å². The molecule has 0 N–H and O–H groups in total. The average molecular weight is 297 g/mol. The number of hydrogen-bond donors (Lipinski definition) is 0. The molecule has 0 aliphatic heterocycles. The van der Waals surface area contributed by atoms with Crippen molar-refractivity contribution in [1.82, 2.24) is 0 Å². The Bertz CT molecular complexity index is 602. The molecule has 0 spiro atoms. The van der Waals surface area contributed by atoms with Crippen LogP contribution in [-0.4, -0.2) is 5.71 Å². The molecule has 22 heavy (non-hydrogen) atoms. The molecular formula is C21H31N.